The molecule has 0 saturated heterocycles. The van der Waals surface area contributed by atoms with E-state index in [-0.39, 0.29) is 25.3 Å². The normalized spacial score (nSPS) is 16.7. The van der Waals surface area contributed by atoms with Gasteiger partial charge >= 0.3 is 5.97 Å². The first-order valence-corrected chi connectivity index (χ1v) is 14.6. The number of nitrogens with one attached hydrogen (secondary N) is 2. The number of aliphatic hydroxyl groups is 1. The van der Waals surface area contributed by atoms with Crippen LogP contribution in [0.2, 0.25) is 5.02 Å². The molecule has 0 fully saturated rings. The number of hydrogen-bond donors (Lipinski definition) is 4. The predicted molar refractivity (Wildman–Crippen MR) is 169 cm³/mol. The van der Waals surface area contributed by atoms with Gasteiger partial charge < -0.3 is 39.6 Å². The van der Waals surface area contributed by atoms with E-state index in [0.717, 1.165) is 0 Å². The van der Waals surface area contributed by atoms with Crippen LogP contribution in [-0.4, -0.2) is 66.5 Å². The Hall–Kier alpha value is -4.58. The minimum atomic E-state index is -1.25. The Kier molecular flexibility index (Phi) is 9.06. The van der Waals surface area contributed by atoms with Crippen LogP contribution in [0.3, 0.4) is 0 Å². The van der Waals surface area contributed by atoms with Crippen molar-refractivity contribution in [1.29, 1.82) is 0 Å². The number of aliphatic hydroxyl groups excluding tert-OH is 1. The van der Waals surface area contributed by atoms with Crippen molar-refractivity contribution < 1.29 is 38.8 Å². The summed E-state index contributed by atoms with van der Waals surface area (Å²) in [4.78, 5) is 43.4. The summed E-state index contributed by atoms with van der Waals surface area (Å²) < 4.78 is 17.8. The number of benzene rings is 3. The molecule has 2 atom stereocenters. The first-order chi connectivity index (χ1) is 21.4. The van der Waals surface area contributed by atoms with Crippen LogP contribution in [0.25, 0.3) is 10.9 Å². The van der Waals surface area contributed by atoms with Crippen molar-refractivity contribution in [2.24, 2.45) is 5.41 Å². The molecule has 0 unspecified atom stereocenters. The number of anilines is 2. The van der Waals surface area contributed by atoms with E-state index < -0.39 is 35.4 Å². The smallest absolute Gasteiger partial charge is 0.352 e. The van der Waals surface area contributed by atoms with Crippen molar-refractivity contribution in [3.63, 3.8) is 0 Å². The monoisotopic (exact) mass is 635 g/mol. The molecule has 0 bridgehead atoms. The van der Waals surface area contributed by atoms with E-state index in [9.17, 15) is 24.6 Å². The van der Waals surface area contributed by atoms with E-state index in [0.29, 0.717) is 49.9 Å². The molecule has 0 radical (unpaired) electrons. The molecule has 236 valence electrons. The number of carbonyl (C=O) groups excluding carboxylic acids is 2. The number of amides is 2. The molecule has 3 aromatic carbocycles. The molecule has 12 heteroatoms. The van der Waals surface area contributed by atoms with Crippen LogP contribution in [-0.2, 0) is 14.3 Å². The van der Waals surface area contributed by atoms with Gasteiger partial charge in [0.1, 0.15) is 17.9 Å². The van der Waals surface area contributed by atoms with Crippen molar-refractivity contribution in [1.82, 2.24) is 4.98 Å². The van der Waals surface area contributed by atoms with Gasteiger partial charge in [0, 0.05) is 57.0 Å². The Labute approximate surface area is 264 Å². The molecule has 2 amide bonds. The number of carboxylic acid groups (broad SMARTS) is 1. The van der Waals surface area contributed by atoms with Gasteiger partial charge in [0.2, 0.25) is 5.91 Å². The zero-order valence-corrected chi connectivity index (χ0v) is 26.0. The standard InChI is InChI=1S/C33H34ClN3O8/c1-33(2,17-38)16-37-25-11-8-19(34)14-22(25)29(21-6-5-7-26(43-3)30(21)44-4)45-27(31(37)40)15-28(39)35-20-9-10-23-18(12-20)13-24(36-23)32(41)42/h5-14,27,29,36,38H,15-17H2,1-4H3,(H,35,39)(H,41,42)/t27-,29-/m1/s1. The van der Waals surface area contributed by atoms with Gasteiger partial charge in [0.05, 0.1) is 20.6 Å². The molecular weight excluding hydrogens is 602 g/mol. The van der Waals surface area contributed by atoms with Gasteiger partial charge in [0.15, 0.2) is 11.5 Å². The third-order valence-electron chi connectivity index (χ3n) is 7.64. The maximum atomic E-state index is 14.3. The highest BCUT2D eigenvalue weighted by Crippen LogP contribution is 2.45. The number of carbonyl (C=O) groups is 3. The maximum absolute atomic E-state index is 14.3. The van der Waals surface area contributed by atoms with E-state index in [1.165, 1.54) is 25.2 Å². The summed E-state index contributed by atoms with van der Waals surface area (Å²) in [5.41, 5.74) is 2.02. The lowest BCUT2D eigenvalue weighted by atomic mass is 9.92. The van der Waals surface area contributed by atoms with Crippen molar-refractivity contribution in [2.45, 2.75) is 32.5 Å². The van der Waals surface area contributed by atoms with Gasteiger partial charge in [-0.05, 0) is 48.5 Å². The molecule has 45 heavy (non-hydrogen) atoms. The number of aromatic amines is 1. The highest BCUT2D eigenvalue weighted by Gasteiger charge is 2.40. The fourth-order valence-electron chi connectivity index (χ4n) is 5.41. The van der Waals surface area contributed by atoms with Crippen LogP contribution in [0.5, 0.6) is 11.5 Å². The lowest BCUT2D eigenvalue weighted by molar-refractivity contribution is -0.136. The van der Waals surface area contributed by atoms with Crippen LogP contribution >= 0.6 is 11.6 Å². The minimum absolute atomic E-state index is 0.0236. The molecule has 0 aliphatic carbocycles. The molecule has 5 rings (SSSR count). The zero-order chi connectivity index (χ0) is 32.5. The molecule has 1 aromatic heterocycles. The number of rotatable bonds is 10. The Morgan fingerprint density at radius 1 is 1.07 bits per heavy atom. The summed E-state index contributed by atoms with van der Waals surface area (Å²) in [6.45, 7) is 3.61. The lowest BCUT2D eigenvalue weighted by Crippen LogP contribution is -2.46. The number of aromatic carboxylic acids is 1. The van der Waals surface area contributed by atoms with Gasteiger partial charge in [0.25, 0.3) is 5.91 Å². The Bertz CT molecular complexity index is 1770. The first-order valence-electron chi connectivity index (χ1n) is 14.2. The number of para-hydroxylation sites is 1. The number of ether oxygens (including phenoxy) is 3. The van der Waals surface area contributed by atoms with Crippen LogP contribution in [0, 0.1) is 5.41 Å². The summed E-state index contributed by atoms with van der Waals surface area (Å²) in [5, 5.41) is 23.2. The number of H-pyrrole nitrogens is 1. The van der Waals surface area contributed by atoms with Crippen LogP contribution in [0.1, 0.15) is 48.0 Å². The van der Waals surface area contributed by atoms with Crippen LogP contribution < -0.4 is 19.7 Å². The van der Waals surface area contributed by atoms with Gasteiger partial charge in [-0.25, -0.2) is 4.79 Å². The summed E-state index contributed by atoms with van der Waals surface area (Å²) >= 11 is 6.48. The predicted octanol–water partition coefficient (Wildman–Crippen LogP) is 5.41. The molecule has 4 aromatic rings. The fraction of sp³-hybridized carbons (Fsp3) is 0.303. The summed E-state index contributed by atoms with van der Waals surface area (Å²) in [6, 6.07) is 16.8. The Morgan fingerprint density at radius 3 is 2.53 bits per heavy atom. The number of carboxylic acids is 1. The minimum Gasteiger partial charge on any atom is -0.493 e. The number of aromatic nitrogens is 1. The Balaban J connectivity index is 1.54. The van der Waals surface area contributed by atoms with E-state index in [1.807, 2.05) is 13.8 Å². The molecule has 0 saturated carbocycles. The lowest BCUT2D eigenvalue weighted by Gasteiger charge is -2.32. The topological polar surface area (TPSA) is 150 Å². The van der Waals surface area contributed by atoms with Gasteiger partial charge in [-0.3, -0.25) is 9.59 Å². The second-order valence-electron chi connectivity index (χ2n) is 11.6. The average Bonchev–Trinajstić information content (AvgIpc) is 3.41. The summed E-state index contributed by atoms with van der Waals surface area (Å²) in [5.74, 6) is -1.21. The van der Waals surface area contributed by atoms with Crippen molar-refractivity contribution in [2.75, 3.05) is 37.6 Å². The third-order valence-corrected chi connectivity index (χ3v) is 7.88. The van der Waals surface area contributed by atoms with E-state index in [4.69, 9.17) is 25.8 Å². The fourth-order valence-corrected chi connectivity index (χ4v) is 5.59. The van der Waals surface area contributed by atoms with Crippen molar-refractivity contribution >= 4 is 51.7 Å². The van der Waals surface area contributed by atoms with E-state index >= 15 is 0 Å². The number of fused-ring (bicyclic) bond motifs is 2. The molecule has 0 spiro atoms. The van der Waals surface area contributed by atoms with Crippen molar-refractivity contribution in [3.8, 4) is 11.5 Å². The van der Waals surface area contributed by atoms with Crippen molar-refractivity contribution in [3.05, 3.63) is 82.5 Å². The third kappa shape index (κ3) is 6.60. The highest BCUT2D eigenvalue weighted by molar-refractivity contribution is 6.30. The van der Waals surface area contributed by atoms with Gasteiger partial charge in [-0.1, -0.05) is 37.6 Å². The largest absolute Gasteiger partial charge is 0.493 e. The van der Waals surface area contributed by atoms with E-state index in [1.54, 1.807) is 54.6 Å². The molecule has 1 aliphatic heterocycles. The number of halogens is 1. The summed E-state index contributed by atoms with van der Waals surface area (Å²) in [7, 11) is 3.02. The molecule has 1 aliphatic rings. The van der Waals surface area contributed by atoms with Gasteiger partial charge in [-0.15, -0.1) is 0 Å². The average molecular weight is 636 g/mol. The molecule has 11 nitrogen and oxygen atoms in total. The first kappa shape index (κ1) is 31.8. The molecule has 2 heterocycles. The molecule has 4 N–H and O–H groups in total. The summed E-state index contributed by atoms with van der Waals surface area (Å²) in [6.07, 6.45) is -2.48. The van der Waals surface area contributed by atoms with E-state index in [2.05, 4.69) is 10.3 Å². The Morgan fingerprint density at radius 2 is 1.84 bits per heavy atom. The van der Waals surface area contributed by atoms with Crippen LogP contribution in [0.15, 0.2) is 60.7 Å². The highest BCUT2D eigenvalue weighted by atomic mass is 35.5. The maximum Gasteiger partial charge on any atom is 0.352 e. The SMILES string of the molecule is COc1cccc([C@H]2O[C@H](CC(=O)Nc3ccc4[nH]c(C(=O)O)cc4c3)C(=O)N(CC(C)(C)CO)c3ccc(Cl)cc32)c1OC. The number of methoxy groups -OCH3 is 2. The second kappa shape index (κ2) is 12.8. The number of nitrogens with zero attached hydrogens (tertiary/aromatic N) is 1. The quantitative estimate of drug-likeness (QED) is 0.181. The van der Waals surface area contributed by atoms with Crippen LogP contribution in [0.4, 0.5) is 11.4 Å². The number of hydrogen-bond acceptors (Lipinski definition) is 7. The second-order valence-corrected chi connectivity index (χ2v) is 12.0. The molecular formula is C33H34ClN3O8. The van der Waals surface area contributed by atoms with Gasteiger partial charge in [-0.2, -0.15) is 0 Å². The zero-order valence-electron chi connectivity index (χ0n) is 25.2.